The lowest BCUT2D eigenvalue weighted by molar-refractivity contribution is -0.138. The second kappa shape index (κ2) is 7.12. The monoisotopic (exact) mass is 307 g/mol. The first kappa shape index (κ1) is 15.4. The van der Waals surface area contributed by atoms with E-state index in [1.807, 2.05) is 25.1 Å². The molecule has 0 bridgehead atoms. The van der Waals surface area contributed by atoms with E-state index in [1.165, 1.54) is 16.3 Å². The lowest BCUT2D eigenvalue weighted by Crippen LogP contribution is -2.18. The molecule has 0 saturated heterocycles. The Morgan fingerprint density at radius 3 is 2.76 bits per heavy atom. The van der Waals surface area contributed by atoms with Gasteiger partial charge in [-0.3, -0.25) is 9.36 Å². The molecule has 0 aliphatic carbocycles. The van der Waals surface area contributed by atoms with Crippen LogP contribution >= 0.6 is 11.8 Å². The summed E-state index contributed by atoms with van der Waals surface area (Å²) in [6.07, 6.45) is 0.814. The molecule has 112 valence electrons. The normalized spacial score (nSPS) is 12.2. The number of nitrogens with one attached hydrogen (secondary N) is 1. The predicted molar refractivity (Wildman–Crippen MR) is 80.7 cm³/mol. The Morgan fingerprint density at radius 2 is 2.14 bits per heavy atom. The first-order valence-corrected chi connectivity index (χ1v) is 7.67. The molecule has 2 aromatic rings. The molecule has 1 aromatic heterocycles. The van der Waals surface area contributed by atoms with Crippen molar-refractivity contribution in [3.05, 3.63) is 46.4 Å². The van der Waals surface area contributed by atoms with E-state index < -0.39 is 11.9 Å². The number of hydrogen-bond donors (Lipinski definition) is 2. The fourth-order valence-electron chi connectivity index (χ4n) is 1.99. The lowest BCUT2D eigenvalue weighted by Gasteiger charge is -2.12. The molecule has 0 spiro atoms. The predicted octanol–water partition coefficient (Wildman–Crippen LogP) is 1.94. The summed E-state index contributed by atoms with van der Waals surface area (Å²) in [5.41, 5.74) is 0.489. The van der Waals surface area contributed by atoms with Crippen molar-refractivity contribution in [3.63, 3.8) is 0 Å². The molecule has 0 aliphatic heterocycles. The minimum Gasteiger partial charge on any atom is -0.481 e. The highest BCUT2D eigenvalue weighted by Crippen LogP contribution is 2.25. The van der Waals surface area contributed by atoms with E-state index in [4.69, 9.17) is 0 Å². The molecule has 0 saturated carbocycles. The smallest absolute Gasteiger partial charge is 0.343 e. The Bertz CT molecular complexity index is 651. The molecule has 2 rings (SSSR count). The molecule has 0 fully saturated rings. The van der Waals surface area contributed by atoms with Gasteiger partial charge in [0.1, 0.15) is 0 Å². The summed E-state index contributed by atoms with van der Waals surface area (Å²) < 4.78 is 1.54. The number of carboxylic acid groups (broad SMARTS) is 1. The highest BCUT2D eigenvalue weighted by molar-refractivity contribution is 7.99. The molecule has 0 amide bonds. The van der Waals surface area contributed by atoms with Crippen LogP contribution in [0, 0.1) is 0 Å². The topological polar surface area (TPSA) is 88.0 Å². The molecule has 2 N–H and O–H groups in total. The number of H-pyrrole nitrogens is 1. The van der Waals surface area contributed by atoms with E-state index in [0.29, 0.717) is 17.5 Å². The second-order valence-corrected chi connectivity index (χ2v) is 5.56. The van der Waals surface area contributed by atoms with Crippen LogP contribution in [-0.2, 0) is 11.3 Å². The van der Waals surface area contributed by atoms with Gasteiger partial charge in [-0.15, -0.1) is 5.10 Å². The Morgan fingerprint density at radius 1 is 1.43 bits per heavy atom. The van der Waals surface area contributed by atoms with Crippen LogP contribution in [0.4, 0.5) is 0 Å². The number of aromatic amines is 1. The summed E-state index contributed by atoms with van der Waals surface area (Å²) >= 11 is 1.28. The number of nitrogens with zero attached hydrogens (tertiary/aromatic N) is 2. The molecular formula is C14H17N3O3S. The van der Waals surface area contributed by atoms with Gasteiger partial charge < -0.3 is 5.11 Å². The van der Waals surface area contributed by atoms with Crippen LogP contribution in [0.25, 0.3) is 0 Å². The van der Waals surface area contributed by atoms with Crippen LogP contribution in [0.5, 0.6) is 0 Å². The summed E-state index contributed by atoms with van der Waals surface area (Å²) in [5.74, 6) is -1.18. The summed E-state index contributed by atoms with van der Waals surface area (Å²) in [6, 6.07) is 9.07. The third-order valence-corrected chi connectivity index (χ3v) is 4.12. The third-order valence-electron chi connectivity index (χ3n) is 3.05. The van der Waals surface area contributed by atoms with Gasteiger partial charge in [-0.25, -0.2) is 9.89 Å². The molecule has 7 heteroatoms. The van der Waals surface area contributed by atoms with Gasteiger partial charge in [0.15, 0.2) is 5.16 Å². The Labute approximate surface area is 126 Å². The Kier molecular flexibility index (Phi) is 5.21. The molecule has 0 radical (unpaired) electrons. The zero-order valence-electron chi connectivity index (χ0n) is 11.7. The standard InChI is InChI=1S/C14H17N3O3S/c1-2-8-17-13(20)15-16-14(17)21-9-11(12(18)19)10-6-4-3-5-7-10/h3-7,11H,2,8-9H2,1H3,(H,15,20)(H,18,19). The van der Waals surface area contributed by atoms with Crippen LogP contribution in [0.1, 0.15) is 24.8 Å². The molecule has 1 unspecified atom stereocenters. The maximum Gasteiger partial charge on any atom is 0.343 e. The van der Waals surface area contributed by atoms with Crippen molar-refractivity contribution in [2.24, 2.45) is 0 Å². The minimum absolute atomic E-state index is 0.258. The number of aliphatic carboxylic acids is 1. The lowest BCUT2D eigenvalue weighted by atomic mass is 10.0. The van der Waals surface area contributed by atoms with Crippen molar-refractivity contribution < 1.29 is 9.90 Å². The van der Waals surface area contributed by atoms with E-state index in [9.17, 15) is 14.7 Å². The third kappa shape index (κ3) is 3.75. The number of thioether (sulfide) groups is 1. The first-order chi connectivity index (χ1) is 10.1. The fraction of sp³-hybridized carbons (Fsp3) is 0.357. The van der Waals surface area contributed by atoms with E-state index in [2.05, 4.69) is 10.2 Å². The van der Waals surface area contributed by atoms with Crippen LogP contribution in [0.15, 0.2) is 40.3 Å². The SMILES string of the molecule is CCCn1c(SCC(C(=O)O)c2ccccc2)n[nH]c1=O. The van der Waals surface area contributed by atoms with E-state index in [1.54, 1.807) is 12.1 Å². The number of benzene rings is 1. The maximum absolute atomic E-state index is 11.6. The van der Waals surface area contributed by atoms with Crippen molar-refractivity contribution in [1.82, 2.24) is 14.8 Å². The average molecular weight is 307 g/mol. The van der Waals surface area contributed by atoms with E-state index in [-0.39, 0.29) is 5.69 Å². The minimum atomic E-state index is -0.881. The summed E-state index contributed by atoms with van der Waals surface area (Å²) in [4.78, 5) is 23.0. The van der Waals surface area contributed by atoms with Gasteiger partial charge in [-0.2, -0.15) is 0 Å². The average Bonchev–Trinajstić information content (AvgIpc) is 2.82. The second-order valence-electron chi connectivity index (χ2n) is 4.58. The van der Waals surface area contributed by atoms with Crippen LogP contribution < -0.4 is 5.69 Å². The highest BCUT2D eigenvalue weighted by Gasteiger charge is 2.21. The quantitative estimate of drug-likeness (QED) is 0.763. The highest BCUT2D eigenvalue weighted by atomic mass is 32.2. The van der Waals surface area contributed by atoms with Crippen molar-refractivity contribution in [1.29, 1.82) is 0 Å². The van der Waals surface area contributed by atoms with Crippen LogP contribution in [0.3, 0.4) is 0 Å². The maximum atomic E-state index is 11.6. The molecule has 1 heterocycles. The molecule has 0 aliphatic rings. The van der Waals surface area contributed by atoms with Crippen molar-refractivity contribution in [2.75, 3.05) is 5.75 Å². The van der Waals surface area contributed by atoms with E-state index >= 15 is 0 Å². The van der Waals surface area contributed by atoms with Crippen LogP contribution in [-0.4, -0.2) is 31.6 Å². The van der Waals surface area contributed by atoms with Crippen molar-refractivity contribution >= 4 is 17.7 Å². The van der Waals surface area contributed by atoms with Gasteiger partial charge >= 0.3 is 11.7 Å². The number of carboxylic acids is 1. The Balaban J connectivity index is 2.13. The number of carbonyl (C=O) groups is 1. The largest absolute Gasteiger partial charge is 0.481 e. The zero-order chi connectivity index (χ0) is 15.2. The molecule has 1 aromatic carbocycles. The van der Waals surface area contributed by atoms with Gasteiger partial charge in [-0.05, 0) is 12.0 Å². The van der Waals surface area contributed by atoms with Crippen LogP contribution in [0.2, 0.25) is 0 Å². The summed E-state index contributed by atoms with van der Waals surface area (Å²) in [7, 11) is 0. The van der Waals surface area contributed by atoms with Gasteiger partial charge in [0, 0.05) is 12.3 Å². The van der Waals surface area contributed by atoms with Gasteiger partial charge in [0.2, 0.25) is 0 Å². The number of hydrogen-bond acceptors (Lipinski definition) is 4. The number of aromatic nitrogens is 3. The van der Waals surface area contributed by atoms with Crippen molar-refractivity contribution in [3.8, 4) is 0 Å². The summed E-state index contributed by atoms with van der Waals surface area (Å²) in [5, 5.41) is 16.3. The molecule has 1 atom stereocenters. The van der Waals surface area contributed by atoms with Gasteiger partial charge in [-0.1, -0.05) is 49.0 Å². The summed E-state index contributed by atoms with van der Waals surface area (Å²) in [6.45, 7) is 2.54. The first-order valence-electron chi connectivity index (χ1n) is 6.69. The molecular weight excluding hydrogens is 290 g/mol. The zero-order valence-corrected chi connectivity index (χ0v) is 12.5. The Hall–Kier alpha value is -2.02. The fourth-order valence-corrected chi connectivity index (χ4v) is 3.08. The van der Waals surface area contributed by atoms with Gasteiger partial charge in [0.05, 0.1) is 5.92 Å². The number of rotatable bonds is 7. The molecule has 21 heavy (non-hydrogen) atoms. The van der Waals surface area contributed by atoms with E-state index in [0.717, 1.165) is 12.0 Å². The molecule has 6 nitrogen and oxygen atoms in total. The van der Waals surface area contributed by atoms with Crippen molar-refractivity contribution in [2.45, 2.75) is 31.0 Å². The van der Waals surface area contributed by atoms with Gasteiger partial charge in [0.25, 0.3) is 0 Å².